The first kappa shape index (κ1) is 22.6. The summed E-state index contributed by atoms with van der Waals surface area (Å²) in [5.74, 6) is 0.711. The van der Waals surface area contributed by atoms with Gasteiger partial charge in [0.1, 0.15) is 5.75 Å². The third kappa shape index (κ3) is 4.78. The molecule has 7 heteroatoms. The van der Waals surface area contributed by atoms with Crippen LogP contribution in [0.25, 0.3) is 17.1 Å². The Labute approximate surface area is 197 Å². The summed E-state index contributed by atoms with van der Waals surface area (Å²) >= 11 is 1.31. The highest BCUT2D eigenvalue weighted by Crippen LogP contribution is 2.33. The highest BCUT2D eigenvalue weighted by molar-refractivity contribution is 7.99. The van der Waals surface area contributed by atoms with Crippen LogP contribution >= 0.6 is 11.8 Å². The number of thioether (sulfide) groups is 1. The van der Waals surface area contributed by atoms with Gasteiger partial charge in [-0.25, -0.2) is 0 Å². The Morgan fingerprint density at radius 2 is 1.76 bits per heavy atom. The summed E-state index contributed by atoms with van der Waals surface area (Å²) in [6.45, 7) is 8.08. The quantitative estimate of drug-likeness (QED) is 0.368. The zero-order valence-electron chi connectivity index (χ0n) is 19.1. The lowest BCUT2D eigenvalue weighted by Gasteiger charge is -2.14. The van der Waals surface area contributed by atoms with E-state index in [-0.39, 0.29) is 17.4 Å². The van der Waals surface area contributed by atoms with E-state index in [4.69, 9.17) is 0 Å². The van der Waals surface area contributed by atoms with Crippen molar-refractivity contribution in [3.63, 3.8) is 0 Å². The van der Waals surface area contributed by atoms with Gasteiger partial charge in [0.2, 0.25) is 5.91 Å². The third-order valence-corrected chi connectivity index (χ3v) is 6.51. The van der Waals surface area contributed by atoms with E-state index >= 15 is 0 Å². The second-order valence-electron chi connectivity index (χ2n) is 8.03. The van der Waals surface area contributed by atoms with Crippen molar-refractivity contribution in [2.45, 2.75) is 32.9 Å². The zero-order valence-corrected chi connectivity index (χ0v) is 19.9. The predicted octanol–water partition coefficient (Wildman–Crippen LogP) is 5.60. The molecule has 33 heavy (non-hydrogen) atoms. The van der Waals surface area contributed by atoms with Crippen LogP contribution in [0.15, 0.2) is 65.8 Å². The summed E-state index contributed by atoms with van der Waals surface area (Å²) in [6.07, 6.45) is 0. The molecule has 4 aromatic rings. The minimum atomic E-state index is -0.118. The second kappa shape index (κ2) is 9.50. The number of rotatable bonds is 6. The number of phenolic OH excluding ortho intramolecular Hbond substituents is 1. The van der Waals surface area contributed by atoms with Crippen LogP contribution in [0.3, 0.4) is 0 Å². The Bertz CT molecular complexity index is 1330. The number of hydrogen-bond acceptors (Lipinski definition) is 5. The van der Waals surface area contributed by atoms with E-state index in [1.54, 1.807) is 18.2 Å². The van der Waals surface area contributed by atoms with Gasteiger partial charge in [-0.3, -0.25) is 9.36 Å². The highest BCUT2D eigenvalue weighted by atomic mass is 32.2. The van der Waals surface area contributed by atoms with Crippen LogP contribution in [0.1, 0.15) is 22.3 Å². The summed E-state index contributed by atoms with van der Waals surface area (Å²) in [4.78, 5) is 12.7. The second-order valence-corrected chi connectivity index (χ2v) is 8.98. The van der Waals surface area contributed by atoms with Crippen molar-refractivity contribution in [3.05, 3.63) is 82.9 Å². The molecule has 0 unspecified atom stereocenters. The molecule has 3 aromatic carbocycles. The number of phenols is 1. The minimum Gasteiger partial charge on any atom is -0.507 e. The molecule has 0 radical (unpaired) electrons. The van der Waals surface area contributed by atoms with E-state index in [0.29, 0.717) is 16.5 Å². The van der Waals surface area contributed by atoms with Crippen molar-refractivity contribution in [2.75, 3.05) is 11.1 Å². The van der Waals surface area contributed by atoms with E-state index in [9.17, 15) is 9.90 Å². The maximum absolute atomic E-state index is 12.7. The van der Waals surface area contributed by atoms with Gasteiger partial charge in [-0.1, -0.05) is 53.7 Å². The smallest absolute Gasteiger partial charge is 0.234 e. The van der Waals surface area contributed by atoms with E-state index < -0.39 is 0 Å². The third-order valence-electron chi connectivity index (χ3n) is 5.58. The monoisotopic (exact) mass is 458 g/mol. The normalized spacial score (nSPS) is 10.9. The number of carbonyl (C=O) groups is 1. The van der Waals surface area contributed by atoms with E-state index in [0.717, 1.165) is 33.6 Å². The van der Waals surface area contributed by atoms with E-state index in [2.05, 4.69) is 21.6 Å². The van der Waals surface area contributed by atoms with Crippen molar-refractivity contribution in [1.29, 1.82) is 0 Å². The molecule has 1 heterocycles. The number of hydrogen-bond donors (Lipinski definition) is 2. The molecule has 0 saturated heterocycles. The topological polar surface area (TPSA) is 80.0 Å². The number of aromatic nitrogens is 3. The van der Waals surface area contributed by atoms with Gasteiger partial charge in [0.25, 0.3) is 0 Å². The van der Waals surface area contributed by atoms with Gasteiger partial charge >= 0.3 is 0 Å². The van der Waals surface area contributed by atoms with Crippen LogP contribution < -0.4 is 5.32 Å². The van der Waals surface area contributed by atoms with Crippen molar-refractivity contribution in [2.24, 2.45) is 0 Å². The summed E-state index contributed by atoms with van der Waals surface area (Å²) in [7, 11) is 0. The average Bonchev–Trinajstić information content (AvgIpc) is 3.19. The van der Waals surface area contributed by atoms with Gasteiger partial charge in [0, 0.05) is 5.69 Å². The van der Waals surface area contributed by atoms with Crippen molar-refractivity contribution < 1.29 is 9.90 Å². The van der Waals surface area contributed by atoms with Crippen LogP contribution in [0, 0.1) is 27.7 Å². The zero-order chi connectivity index (χ0) is 23.5. The summed E-state index contributed by atoms with van der Waals surface area (Å²) in [5, 5.41) is 22.8. The minimum absolute atomic E-state index is 0.118. The fraction of sp³-hybridized carbons (Fsp3) is 0.192. The molecule has 6 nitrogen and oxygen atoms in total. The van der Waals surface area contributed by atoms with Crippen molar-refractivity contribution >= 4 is 23.4 Å². The number of nitrogens with zero attached hydrogens (tertiary/aromatic N) is 3. The standard InChI is InChI=1S/C26H26N4O2S/c1-16-12-13-22(18(3)14-16)30-25(20-9-5-6-11-23(20)31)28-29-26(30)33-15-24(32)27-21-10-7-8-17(2)19(21)4/h5-14,31H,15H2,1-4H3,(H,27,32). The van der Waals surface area contributed by atoms with Gasteiger partial charge in [0.05, 0.1) is 17.0 Å². The molecule has 4 rings (SSSR count). The fourth-order valence-corrected chi connectivity index (χ4v) is 4.42. The molecule has 0 bridgehead atoms. The molecule has 0 aliphatic carbocycles. The molecular formula is C26H26N4O2S. The molecule has 168 valence electrons. The van der Waals surface area contributed by atoms with Crippen LogP contribution in [-0.2, 0) is 4.79 Å². The number of aromatic hydroxyl groups is 1. The Morgan fingerprint density at radius 1 is 0.970 bits per heavy atom. The number of para-hydroxylation sites is 1. The van der Waals surface area contributed by atoms with Gasteiger partial charge in [-0.05, 0) is 68.7 Å². The maximum atomic E-state index is 12.7. The van der Waals surface area contributed by atoms with Gasteiger partial charge in [-0.2, -0.15) is 0 Å². The Balaban J connectivity index is 1.66. The number of aryl methyl sites for hydroxylation is 3. The summed E-state index contributed by atoms with van der Waals surface area (Å²) in [5.41, 5.74) is 6.67. The molecule has 0 atom stereocenters. The fourth-order valence-electron chi connectivity index (χ4n) is 3.68. The first-order valence-corrected chi connectivity index (χ1v) is 11.6. The Hall–Kier alpha value is -3.58. The Morgan fingerprint density at radius 3 is 2.52 bits per heavy atom. The van der Waals surface area contributed by atoms with Crippen molar-refractivity contribution in [3.8, 4) is 22.8 Å². The van der Waals surface area contributed by atoms with Gasteiger partial charge < -0.3 is 10.4 Å². The molecular weight excluding hydrogens is 432 g/mol. The molecule has 0 aliphatic rings. The lowest BCUT2D eigenvalue weighted by atomic mass is 10.1. The molecule has 0 aliphatic heterocycles. The lowest BCUT2D eigenvalue weighted by molar-refractivity contribution is -0.113. The SMILES string of the molecule is Cc1ccc(-n2c(SCC(=O)Nc3cccc(C)c3C)nnc2-c2ccccc2O)c(C)c1. The number of benzene rings is 3. The van der Waals surface area contributed by atoms with Crippen LogP contribution in [0.4, 0.5) is 5.69 Å². The largest absolute Gasteiger partial charge is 0.507 e. The molecule has 1 amide bonds. The van der Waals surface area contributed by atoms with Crippen LogP contribution in [0.5, 0.6) is 5.75 Å². The number of anilines is 1. The van der Waals surface area contributed by atoms with E-state index in [1.807, 2.05) is 68.7 Å². The Kier molecular flexibility index (Phi) is 6.51. The van der Waals surface area contributed by atoms with Crippen LogP contribution in [-0.4, -0.2) is 31.5 Å². The summed E-state index contributed by atoms with van der Waals surface area (Å²) < 4.78 is 1.90. The molecule has 0 spiro atoms. The molecule has 1 aromatic heterocycles. The van der Waals surface area contributed by atoms with Crippen molar-refractivity contribution in [1.82, 2.24) is 14.8 Å². The average molecular weight is 459 g/mol. The first-order valence-electron chi connectivity index (χ1n) is 10.7. The highest BCUT2D eigenvalue weighted by Gasteiger charge is 2.20. The lowest BCUT2D eigenvalue weighted by Crippen LogP contribution is -2.15. The van der Waals surface area contributed by atoms with E-state index in [1.165, 1.54) is 11.8 Å². The molecule has 0 saturated carbocycles. The number of nitrogens with one attached hydrogen (secondary N) is 1. The van der Waals surface area contributed by atoms with Crippen LogP contribution in [0.2, 0.25) is 0 Å². The van der Waals surface area contributed by atoms with Gasteiger partial charge in [0.15, 0.2) is 11.0 Å². The molecule has 0 fully saturated rings. The molecule has 2 N–H and O–H groups in total. The first-order chi connectivity index (χ1) is 15.8. The number of carbonyl (C=O) groups excluding carboxylic acids is 1. The number of amides is 1. The summed E-state index contributed by atoms with van der Waals surface area (Å²) in [6, 6.07) is 19.0. The maximum Gasteiger partial charge on any atom is 0.234 e. The van der Waals surface area contributed by atoms with Gasteiger partial charge in [-0.15, -0.1) is 10.2 Å². The predicted molar refractivity (Wildman–Crippen MR) is 133 cm³/mol.